The Morgan fingerprint density at radius 2 is 1.75 bits per heavy atom. The number of hydrogen-bond donors (Lipinski definition) is 2. The van der Waals surface area contributed by atoms with Crippen LogP contribution in [-0.4, -0.2) is 22.0 Å². The van der Waals surface area contributed by atoms with Gasteiger partial charge in [-0.15, -0.1) is 0 Å². The highest BCUT2D eigenvalue weighted by Gasteiger charge is 2.09. The first-order chi connectivity index (χ1) is 13.5. The summed E-state index contributed by atoms with van der Waals surface area (Å²) in [4.78, 5) is 20.6. The van der Waals surface area contributed by atoms with Gasteiger partial charge in [0, 0.05) is 12.2 Å². The molecule has 6 nitrogen and oxygen atoms in total. The van der Waals surface area contributed by atoms with Crippen LogP contribution in [0.15, 0.2) is 60.9 Å². The molecule has 0 atom stereocenters. The lowest BCUT2D eigenvalue weighted by atomic mass is 10.2. The predicted octanol–water partition coefficient (Wildman–Crippen LogP) is 4.27. The Balaban J connectivity index is 1.55. The first kappa shape index (κ1) is 19.3. The third-order valence-electron chi connectivity index (χ3n) is 3.76. The molecule has 1 heterocycles. The van der Waals surface area contributed by atoms with Gasteiger partial charge >= 0.3 is 0 Å². The SMILES string of the molecule is CC(C)Oc1ccc(NC(=O)c2cnc(NCc3ccc(F)cc3)cn2)cc1. The maximum absolute atomic E-state index is 12.9. The molecule has 144 valence electrons. The molecule has 0 spiro atoms. The van der Waals surface area contributed by atoms with Crippen LogP contribution in [0.25, 0.3) is 0 Å². The van der Waals surface area contributed by atoms with Crippen molar-refractivity contribution in [2.45, 2.75) is 26.5 Å². The van der Waals surface area contributed by atoms with Crippen LogP contribution in [0.4, 0.5) is 15.9 Å². The smallest absolute Gasteiger partial charge is 0.275 e. The zero-order chi connectivity index (χ0) is 19.9. The molecular formula is C21H21FN4O2. The number of carbonyl (C=O) groups is 1. The van der Waals surface area contributed by atoms with Crippen molar-refractivity contribution in [1.29, 1.82) is 0 Å². The molecule has 0 radical (unpaired) electrons. The summed E-state index contributed by atoms with van der Waals surface area (Å²) in [5.74, 6) is 0.636. The van der Waals surface area contributed by atoms with E-state index in [1.54, 1.807) is 36.4 Å². The molecule has 0 aliphatic carbocycles. The molecule has 28 heavy (non-hydrogen) atoms. The van der Waals surface area contributed by atoms with Gasteiger partial charge in [0.05, 0.1) is 18.5 Å². The number of aromatic nitrogens is 2. The van der Waals surface area contributed by atoms with Crippen LogP contribution in [0.5, 0.6) is 5.75 Å². The lowest BCUT2D eigenvalue weighted by Gasteiger charge is -2.10. The Labute approximate surface area is 162 Å². The molecule has 0 saturated heterocycles. The zero-order valence-electron chi connectivity index (χ0n) is 15.6. The minimum atomic E-state index is -0.352. The summed E-state index contributed by atoms with van der Waals surface area (Å²) in [5, 5.41) is 5.84. The standard InChI is InChI=1S/C21H21FN4O2/c1-14(2)28-18-9-7-17(8-10-18)26-21(27)19-12-25-20(13-23-19)24-11-15-3-5-16(22)6-4-15/h3-10,12-14H,11H2,1-2H3,(H,24,25)(H,26,27). The average Bonchev–Trinajstić information content (AvgIpc) is 2.69. The minimum Gasteiger partial charge on any atom is -0.491 e. The molecule has 2 N–H and O–H groups in total. The molecular weight excluding hydrogens is 359 g/mol. The van der Waals surface area contributed by atoms with Crippen molar-refractivity contribution >= 4 is 17.4 Å². The maximum Gasteiger partial charge on any atom is 0.275 e. The van der Waals surface area contributed by atoms with E-state index >= 15 is 0 Å². The molecule has 7 heteroatoms. The van der Waals surface area contributed by atoms with E-state index in [2.05, 4.69) is 20.6 Å². The van der Waals surface area contributed by atoms with Crippen LogP contribution in [0.2, 0.25) is 0 Å². The van der Waals surface area contributed by atoms with Crippen LogP contribution < -0.4 is 15.4 Å². The minimum absolute atomic E-state index is 0.0888. The highest BCUT2D eigenvalue weighted by atomic mass is 19.1. The number of nitrogens with one attached hydrogen (secondary N) is 2. The Kier molecular flexibility index (Phi) is 6.16. The number of rotatable bonds is 7. The lowest BCUT2D eigenvalue weighted by molar-refractivity contribution is 0.102. The lowest BCUT2D eigenvalue weighted by Crippen LogP contribution is -2.14. The van der Waals surface area contributed by atoms with Gasteiger partial charge in [0.2, 0.25) is 0 Å². The fourth-order valence-corrected chi connectivity index (χ4v) is 2.42. The quantitative estimate of drug-likeness (QED) is 0.640. The van der Waals surface area contributed by atoms with E-state index in [0.29, 0.717) is 18.1 Å². The van der Waals surface area contributed by atoms with E-state index in [1.807, 2.05) is 13.8 Å². The maximum atomic E-state index is 12.9. The van der Waals surface area contributed by atoms with Crippen molar-refractivity contribution in [3.63, 3.8) is 0 Å². The van der Waals surface area contributed by atoms with Crippen molar-refractivity contribution in [3.8, 4) is 5.75 Å². The molecule has 0 bridgehead atoms. The first-order valence-corrected chi connectivity index (χ1v) is 8.88. The molecule has 0 saturated carbocycles. The molecule has 3 aromatic rings. The normalized spacial score (nSPS) is 10.6. The van der Waals surface area contributed by atoms with E-state index < -0.39 is 0 Å². The molecule has 1 amide bonds. The van der Waals surface area contributed by atoms with Crippen LogP contribution in [0.3, 0.4) is 0 Å². The molecule has 0 aliphatic heterocycles. The van der Waals surface area contributed by atoms with Gasteiger partial charge in [0.25, 0.3) is 5.91 Å². The second kappa shape index (κ2) is 8.94. The van der Waals surface area contributed by atoms with Crippen molar-refractivity contribution < 1.29 is 13.9 Å². The molecule has 0 unspecified atom stereocenters. The monoisotopic (exact) mass is 380 g/mol. The van der Waals surface area contributed by atoms with E-state index in [4.69, 9.17) is 4.74 Å². The van der Waals surface area contributed by atoms with E-state index in [1.165, 1.54) is 24.5 Å². The van der Waals surface area contributed by atoms with Crippen molar-refractivity contribution in [1.82, 2.24) is 9.97 Å². The number of nitrogens with zero attached hydrogens (tertiary/aromatic N) is 2. The van der Waals surface area contributed by atoms with Gasteiger partial charge in [0.15, 0.2) is 0 Å². The predicted molar refractivity (Wildman–Crippen MR) is 106 cm³/mol. The summed E-state index contributed by atoms with van der Waals surface area (Å²) in [7, 11) is 0. The number of amides is 1. The van der Waals surface area contributed by atoms with Crippen LogP contribution in [0.1, 0.15) is 29.9 Å². The fraction of sp³-hybridized carbons (Fsp3) is 0.190. The van der Waals surface area contributed by atoms with Gasteiger partial charge in [-0.05, 0) is 55.8 Å². The number of benzene rings is 2. The first-order valence-electron chi connectivity index (χ1n) is 8.88. The van der Waals surface area contributed by atoms with E-state index in [9.17, 15) is 9.18 Å². The molecule has 0 fully saturated rings. The number of ether oxygens (including phenoxy) is 1. The van der Waals surface area contributed by atoms with Crippen LogP contribution >= 0.6 is 0 Å². The third-order valence-corrected chi connectivity index (χ3v) is 3.76. The van der Waals surface area contributed by atoms with Gasteiger partial charge < -0.3 is 15.4 Å². The summed E-state index contributed by atoms with van der Waals surface area (Å²) in [6, 6.07) is 13.3. The second-order valence-electron chi connectivity index (χ2n) is 6.41. The molecule has 3 rings (SSSR count). The second-order valence-corrected chi connectivity index (χ2v) is 6.41. The van der Waals surface area contributed by atoms with E-state index in [0.717, 1.165) is 11.3 Å². The van der Waals surface area contributed by atoms with Gasteiger partial charge in [-0.3, -0.25) is 4.79 Å². The average molecular weight is 380 g/mol. The summed E-state index contributed by atoms with van der Waals surface area (Å²) in [6.45, 7) is 4.38. The summed E-state index contributed by atoms with van der Waals surface area (Å²) < 4.78 is 18.5. The number of carbonyl (C=O) groups excluding carboxylic acids is 1. The topological polar surface area (TPSA) is 76.1 Å². The van der Waals surface area contributed by atoms with Gasteiger partial charge in [-0.2, -0.15) is 0 Å². The molecule has 2 aromatic carbocycles. The van der Waals surface area contributed by atoms with Crippen molar-refractivity contribution in [2.24, 2.45) is 0 Å². The third kappa shape index (κ3) is 5.51. The van der Waals surface area contributed by atoms with Gasteiger partial charge in [-0.25, -0.2) is 14.4 Å². The van der Waals surface area contributed by atoms with Crippen molar-refractivity contribution in [3.05, 3.63) is 78.0 Å². The number of halogens is 1. The molecule has 1 aromatic heterocycles. The van der Waals surface area contributed by atoms with Gasteiger partial charge in [-0.1, -0.05) is 12.1 Å². The summed E-state index contributed by atoms with van der Waals surface area (Å²) >= 11 is 0. The Hall–Kier alpha value is -3.48. The van der Waals surface area contributed by atoms with Crippen LogP contribution in [0, 0.1) is 5.82 Å². The Morgan fingerprint density at radius 1 is 1.04 bits per heavy atom. The zero-order valence-corrected chi connectivity index (χ0v) is 15.6. The Bertz CT molecular complexity index is 911. The highest BCUT2D eigenvalue weighted by molar-refractivity contribution is 6.02. The van der Waals surface area contributed by atoms with Crippen molar-refractivity contribution in [2.75, 3.05) is 10.6 Å². The van der Waals surface area contributed by atoms with Gasteiger partial charge in [0.1, 0.15) is 23.1 Å². The Morgan fingerprint density at radius 3 is 2.36 bits per heavy atom. The number of hydrogen-bond acceptors (Lipinski definition) is 5. The van der Waals surface area contributed by atoms with Crippen LogP contribution in [-0.2, 0) is 6.54 Å². The number of anilines is 2. The highest BCUT2D eigenvalue weighted by Crippen LogP contribution is 2.17. The fourth-order valence-electron chi connectivity index (χ4n) is 2.42. The largest absolute Gasteiger partial charge is 0.491 e. The summed E-state index contributed by atoms with van der Waals surface area (Å²) in [6.07, 6.45) is 2.97. The van der Waals surface area contributed by atoms with E-state index in [-0.39, 0.29) is 23.5 Å². The molecule has 0 aliphatic rings. The summed E-state index contributed by atoms with van der Waals surface area (Å²) in [5.41, 5.74) is 1.76.